The van der Waals surface area contributed by atoms with Gasteiger partial charge in [0.15, 0.2) is 0 Å². The summed E-state index contributed by atoms with van der Waals surface area (Å²) in [6.07, 6.45) is 5.30. The van der Waals surface area contributed by atoms with Crippen molar-refractivity contribution >= 4 is 34.2 Å². The van der Waals surface area contributed by atoms with Gasteiger partial charge in [-0.3, -0.25) is 9.59 Å². The summed E-state index contributed by atoms with van der Waals surface area (Å²) in [5.41, 5.74) is 4.28. The number of H-pyrrole nitrogens is 1. The minimum atomic E-state index is -0.351. The molecule has 1 fully saturated rings. The fourth-order valence-electron chi connectivity index (χ4n) is 3.20. The van der Waals surface area contributed by atoms with Gasteiger partial charge in [-0.15, -0.1) is 0 Å². The molecule has 0 spiro atoms. The Balaban J connectivity index is 1.70. The van der Waals surface area contributed by atoms with E-state index in [0.29, 0.717) is 11.5 Å². The number of pyridine rings is 1. The molecule has 1 aromatic carbocycles. The normalized spacial score (nSPS) is 13.1. The van der Waals surface area contributed by atoms with E-state index >= 15 is 0 Å². The molecule has 0 radical (unpaired) electrons. The lowest BCUT2D eigenvalue weighted by molar-refractivity contribution is -0.117. The highest BCUT2D eigenvalue weighted by Gasteiger charge is 2.29. The van der Waals surface area contributed by atoms with Crippen LogP contribution in [0.1, 0.15) is 24.8 Å². The number of hydrogen-bond acceptors (Lipinski definition) is 4. The molecule has 7 nitrogen and oxygen atoms in total. The zero-order valence-corrected chi connectivity index (χ0v) is 15.4. The van der Waals surface area contributed by atoms with Crippen molar-refractivity contribution in [3.8, 4) is 17.2 Å². The Kier molecular flexibility index (Phi) is 4.53. The van der Waals surface area contributed by atoms with Gasteiger partial charge in [-0.05, 0) is 43.0 Å². The zero-order chi connectivity index (χ0) is 19.7. The maximum absolute atomic E-state index is 12.1. The van der Waals surface area contributed by atoms with Crippen LogP contribution in [-0.2, 0) is 9.59 Å². The summed E-state index contributed by atoms with van der Waals surface area (Å²) in [5, 5.41) is 15.3. The van der Waals surface area contributed by atoms with Crippen molar-refractivity contribution in [1.82, 2.24) is 9.97 Å². The number of para-hydroxylation sites is 1. The van der Waals surface area contributed by atoms with E-state index in [9.17, 15) is 9.59 Å². The molecule has 1 aliphatic carbocycles. The number of nitriles is 1. The fourth-order valence-corrected chi connectivity index (χ4v) is 3.20. The van der Waals surface area contributed by atoms with Crippen molar-refractivity contribution in [3.63, 3.8) is 0 Å². The number of benzene rings is 1. The highest BCUT2D eigenvalue weighted by molar-refractivity contribution is 6.06. The van der Waals surface area contributed by atoms with E-state index in [4.69, 9.17) is 5.26 Å². The van der Waals surface area contributed by atoms with Crippen LogP contribution in [0.15, 0.2) is 36.7 Å². The summed E-state index contributed by atoms with van der Waals surface area (Å²) < 4.78 is 0. The number of aryl methyl sites for hydroxylation is 1. The van der Waals surface area contributed by atoms with E-state index in [0.717, 1.165) is 40.4 Å². The molecule has 1 aliphatic rings. The maximum atomic E-state index is 12.1. The van der Waals surface area contributed by atoms with E-state index in [1.165, 1.54) is 0 Å². The van der Waals surface area contributed by atoms with Crippen molar-refractivity contribution < 1.29 is 9.59 Å². The molecule has 1 saturated carbocycles. The SMILES string of the molecule is Cc1cnc(NC(=O)C2CC2)cc1-c1c[nH]c2c(NC(=O)CC#N)cccc12. The number of nitrogens with one attached hydrogen (secondary N) is 3. The molecule has 0 saturated heterocycles. The van der Waals surface area contributed by atoms with Crippen LogP contribution in [0, 0.1) is 24.2 Å². The standard InChI is InChI=1S/C21H19N5O2/c1-12-10-23-18(26-21(28)13-5-6-13)9-15(12)16-11-24-20-14(16)3-2-4-17(20)25-19(27)7-8-22/h2-4,9-11,13,24H,5-7H2,1H3,(H,25,27)(H,23,26,28). The van der Waals surface area contributed by atoms with Crippen molar-refractivity contribution in [3.05, 3.63) is 42.2 Å². The van der Waals surface area contributed by atoms with Gasteiger partial charge in [-0.2, -0.15) is 5.26 Å². The van der Waals surface area contributed by atoms with Gasteiger partial charge in [0, 0.05) is 29.3 Å². The Labute approximate surface area is 161 Å². The summed E-state index contributed by atoms with van der Waals surface area (Å²) in [6.45, 7) is 1.96. The summed E-state index contributed by atoms with van der Waals surface area (Å²) in [4.78, 5) is 31.4. The number of carbonyl (C=O) groups excluding carboxylic acids is 2. The van der Waals surface area contributed by atoms with Crippen LogP contribution >= 0.6 is 0 Å². The number of aromatic amines is 1. The minimum Gasteiger partial charge on any atom is -0.359 e. The number of hydrogen-bond donors (Lipinski definition) is 3. The molecular weight excluding hydrogens is 354 g/mol. The second-order valence-electron chi connectivity index (χ2n) is 6.96. The van der Waals surface area contributed by atoms with E-state index in [-0.39, 0.29) is 24.2 Å². The Bertz CT molecular complexity index is 1120. The molecule has 0 bridgehead atoms. The van der Waals surface area contributed by atoms with Crippen LogP contribution in [0.4, 0.5) is 11.5 Å². The first-order chi connectivity index (χ1) is 13.6. The van der Waals surface area contributed by atoms with Crippen LogP contribution < -0.4 is 10.6 Å². The van der Waals surface area contributed by atoms with E-state index in [1.54, 1.807) is 12.3 Å². The molecule has 0 unspecified atom stereocenters. The van der Waals surface area contributed by atoms with Gasteiger partial charge in [-0.1, -0.05) is 12.1 Å². The van der Waals surface area contributed by atoms with Crippen molar-refractivity contribution in [2.75, 3.05) is 10.6 Å². The van der Waals surface area contributed by atoms with Gasteiger partial charge in [0.25, 0.3) is 0 Å². The Morgan fingerprint density at radius 1 is 1.29 bits per heavy atom. The van der Waals surface area contributed by atoms with Crippen molar-refractivity contribution in [2.45, 2.75) is 26.2 Å². The quantitative estimate of drug-likeness (QED) is 0.632. The second-order valence-corrected chi connectivity index (χ2v) is 6.96. The predicted octanol–water partition coefficient (Wildman–Crippen LogP) is 3.74. The summed E-state index contributed by atoms with van der Waals surface area (Å²) in [5.74, 6) is 0.310. The lowest BCUT2D eigenvalue weighted by Crippen LogP contribution is -2.14. The van der Waals surface area contributed by atoms with Crippen LogP contribution in [0.3, 0.4) is 0 Å². The lowest BCUT2D eigenvalue weighted by Gasteiger charge is -2.09. The van der Waals surface area contributed by atoms with E-state index < -0.39 is 0 Å². The highest BCUT2D eigenvalue weighted by Crippen LogP contribution is 2.35. The molecule has 0 atom stereocenters. The molecule has 2 heterocycles. The van der Waals surface area contributed by atoms with Crippen LogP contribution in [-0.4, -0.2) is 21.8 Å². The number of fused-ring (bicyclic) bond motifs is 1. The summed E-state index contributed by atoms with van der Waals surface area (Å²) in [7, 11) is 0. The predicted molar refractivity (Wildman–Crippen MR) is 106 cm³/mol. The molecule has 0 aliphatic heterocycles. The Morgan fingerprint density at radius 3 is 2.86 bits per heavy atom. The Morgan fingerprint density at radius 2 is 2.11 bits per heavy atom. The van der Waals surface area contributed by atoms with E-state index in [2.05, 4.69) is 20.6 Å². The first-order valence-corrected chi connectivity index (χ1v) is 9.11. The van der Waals surface area contributed by atoms with Gasteiger partial charge < -0.3 is 15.6 Å². The maximum Gasteiger partial charge on any atom is 0.238 e. The molecular formula is C21H19N5O2. The molecule has 3 aromatic rings. The molecule has 3 N–H and O–H groups in total. The topological polar surface area (TPSA) is 111 Å². The summed E-state index contributed by atoms with van der Waals surface area (Å²) >= 11 is 0. The van der Waals surface area contributed by atoms with Gasteiger partial charge in [-0.25, -0.2) is 4.98 Å². The number of nitrogens with zero attached hydrogens (tertiary/aromatic N) is 2. The van der Waals surface area contributed by atoms with Crippen molar-refractivity contribution in [1.29, 1.82) is 5.26 Å². The minimum absolute atomic E-state index is 0.0173. The van der Waals surface area contributed by atoms with Gasteiger partial charge in [0.1, 0.15) is 12.2 Å². The molecule has 28 heavy (non-hydrogen) atoms. The molecule has 140 valence electrons. The van der Waals surface area contributed by atoms with Gasteiger partial charge in [0.05, 0.1) is 17.3 Å². The largest absolute Gasteiger partial charge is 0.359 e. The number of amides is 2. The average Bonchev–Trinajstić information content (AvgIpc) is 3.44. The Hall–Kier alpha value is -3.66. The number of rotatable bonds is 5. The average molecular weight is 373 g/mol. The zero-order valence-electron chi connectivity index (χ0n) is 15.4. The lowest BCUT2D eigenvalue weighted by atomic mass is 10.0. The molecule has 2 aromatic heterocycles. The third-order valence-corrected chi connectivity index (χ3v) is 4.82. The van der Waals surface area contributed by atoms with Crippen LogP contribution in [0.5, 0.6) is 0 Å². The van der Waals surface area contributed by atoms with Gasteiger partial charge >= 0.3 is 0 Å². The molecule has 2 amide bonds. The monoisotopic (exact) mass is 373 g/mol. The third-order valence-electron chi connectivity index (χ3n) is 4.82. The van der Waals surface area contributed by atoms with Crippen LogP contribution in [0.25, 0.3) is 22.0 Å². The van der Waals surface area contributed by atoms with E-state index in [1.807, 2.05) is 37.4 Å². The third kappa shape index (κ3) is 3.45. The molecule has 4 rings (SSSR count). The number of carbonyl (C=O) groups is 2. The summed E-state index contributed by atoms with van der Waals surface area (Å²) in [6, 6.07) is 9.33. The van der Waals surface area contributed by atoms with Crippen molar-refractivity contribution in [2.24, 2.45) is 5.92 Å². The first-order valence-electron chi connectivity index (χ1n) is 9.11. The number of anilines is 2. The first kappa shape index (κ1) is 17.7. The smallest absolute Gasteiger partial charge is 0.238 e. The fraction of sp³-hybridized carbons (Fsp3) is 0.238. The second kappa shape index (κ2) is 7.16. The van der Waals surface area contributed by atoms with Gasteiger partial charge in [0.2, 0.25) is 11.8 Å². The highest BCUT2D eigenvalue weighted by atomic mass is 16.2. The molecule has 7 heteroatoms. The number of aromatic nitrogens is 2. The van der Waals surface area contributed by atoms with Crippen LogP contribution in [0.2, 0.25) is 0 Å².